The number of hydrogen-bond donors (Lipinski definition) is 0. The maximum absolute atomic E-state index is 12.5. The minimum atomic E-state index is -3.52. The van der Waals surface area contributed by atoms with E-state index in [9.17, 15) is 18.0 Å². The summed E-state index contributed by atoms with van der Waals surface area (Å²) in [7, 11) is -3.52. The van der Waals surface area contributed by atoms with Crippen molar-refractivity contribution in [1.82, 2.24) is 14.1 Å². The van der Waals surface area contributed by atoms with Crippen LogP contribution in [0.15, 0.2) is 29.2 Å². The molecule has 1 aliphatic rings. The molecule has 29 heavy (non-hydrogen) atoms. The van der Waals surface area contributed by atoms with Crippen molar-refractivity contribution < 1.29 is 27.5 Å². The minimum Gasteiger partial charge on any atom is -0.484 e. The number of hydrogen-bond acceptors (Lipinski definition) is 6. The molecule has 0 saturated carbocycles. The molecule has 0 aromatic heterocycles. The monoisotopic (exact) mass is 427 g/mol. The van der Waals surface area contributed by atoms with Crippen molar-refractivity contribution >= 4 is 22.0 Å². The molecule has 2 amide bonds. The predicted molar refractivity (Wildman–Crippen MR) is 107 cm³/mol. The number of rotatable bonds is 8. The van der Waals surface area contributed by atoms with Gasteiger partial charge in [0.1, 0.15) is 5.75 Å². The molecule has 0 unspecified atom stereocenters. The van der Waals surface area contributed by atoms with E-state index >= 15 is 0 Å². The Hall–Kier alpha value is -2.33. The van der Waals surface area contributed by atoms with Gasteiger partial charge in [0.15, 0.2) is 6.61 Å². The van der Waals surface area contributed by atoms with Gasteiger partial charge in [0.05, 0.1) is 11.5 Å². The van der Waals surface area contributed by atoms with E-state index in [4.69, 9.17) is 9.47 Å². The molecule has 0 spiro atoms. The first-order chi connectivity index (χ1) is 13.8. The van der Waals surface area contributed by atoms with Gasteiger partial charge in [-0.1, -0.05) is 13.8 Å². The molecule has 162 valence electrons. The average molecular weight is 428 g/mol. The first-order valence-corrected chi connectivity index (χ1v) is 11.2. The summed E-state index contributed by atoms with van der Waals surface area (Å²) < 4.78 is 36.8. The van der Waals surface area contributed by atoms with Crippen LogP contribution >= 0.6 is 0 Å². The molecule has 1 fully saturated rings. The molecule has 9 nitrogen and oxygen atoms in total. The average Bonchev–Trinajstić information content (AvgIpc) is 2.73. The minimum absolute atomic E-state index is 0.151. The molecule has 1 aliphatic heterocycles. The summed E-state index contributed by atoms with van der Waals surface area (Å²) in [5, 5.41) is 0. The smallest absolute Gasteiger partial charge is 0.409 e. The summed E-state index contributed by atoms with van der Waals surface area (Å²) in [6, 6.07) is 6.04. The van der Waals surface area contributed by atoms with E-state index in [2.05, 4.69) is 0 Å². The molecule has 1 aromatic carbocycles. The third-order valence-electron chi connectivity index (χ3n) is 4.69. The maximum atomic E-state index is 12.5. The van der Waals surface area contributed by atoms with Gasteiger partial charge in [-0.05, 0) is 31.2 Å². The summed E-state index contributed by atoms with van der Waals surface area (Å²) >= 11 is 0. The zero-order valence-corrected chi connectivity index (χ0v) is 18.0. The van der Waals surface area contributed by atoms with Crippen LogP contribution < -0.4 is 4.74 Å². The quantitative estimate of drug-likeness (QED) is 0.622. The Bertz CT molecular complexity index is 785. The Morgan fingerprint density at radius 3 is 2.03 bits per heavy atom. The Morgan fingerprint density at radius 1 is 0.966 bits per heavy atom. The zero-order valence-electron chi connectivity index (χ0n) is 17.2. The SMILES string of the molecule is CCOC(=O)N1CCN(C(=O)COc2ccc(S(=O)(=O)N(CC)CC)cc2)CC1. The van der Waals surface area contributed by atoms with Crippen molar-refractivity contribution in [2.24, 2.45) is 0 Å². The Morgan fingerprint density at radius 2 is 1.52 bits per heavy atom. The lowest BCUT2D eigenvalue weighted by atomic mass is 10.3. The molecule has 0 radical (unpaired) electrons. The molecule has 1 saturated heterocycles. The number of piperazine rings is 1. The fourth-order valence-corrected chi connectivity index (χ4v) is 4.47. The summed E-state index contributed by atoms with van der Waals surface area (Å²) in [6.07, 6.45) is -0.365. The highest BCUT2D eigenvalue weighted by Gasteiger charge is 2.25. The number of amides is 2. The fourth-order valence-electron chi connectivity index (χ4n) is 3.01. The summed E-state index contributed by atoms with van der Waals surface area (Å²) in [5.41, 5.74) is 0. The summed E-state index contributed by atoms with van der Waals surface area (Å²) in [4.78, 5) is 27.4. The van der Waals surface area contributed by atoms with E-state index in [0.717, 1.165) is 0 Å². The van der Waals surface area contributed by atoms with Gasteiger partial charge in [-0.15, -0.1) is 0 Å². The van der Waals surface area contributed by atoms with Gasteiger partial charge < -0.3 is 19.3 Å². The van der Waals surface area contributed by atoms with Crippen LogP contribution in [-0.2, 0) is 19.6 Å². The van der Waals surface area contributed by atoms with E-state index < -0.39 is 10.0 Å². The highest BCUT2D eigenvalue weighted by atomic mass is 32.2. The summed E-state index contributed by atoms with van der Waals surface area (Å²) in [6.45, 7) is 7.97. The van der Waals surface area contributed by atoms with E-state index in [-0.39, 0.29) is 23.5 Å². The Labute approximate surface area is 172 Å². The van der Waals surface area contributed by atoms with Crippen LogP contribution in [0.2, 0.25) is 0 Å². The molecule has 0 N–H and O–H groups in total. The molecule has 10 heteroatoms. The van der Waals surface area contributed by atoms with Gasteiger partial charge >= 0.3 is 6.09 Å². The van der Waals surface area contributed by atoms with Crippen LogP contribution in [0.3, 0.4) is 0 Å². The molecular weight excluding hydrogens is 398 g/mol. The molecule has 0 bridgehead atoms. The normalized spacial score (nSPS) is 14.8. The van der Waals surface area contributed by atoms with Gasteiger partial charge in [-0.25, -0.2) is 13.2 Å². The predicted octanol–water partition coefficient (Wildman–Crippen LogP) is 1.40. The van der Waals surface area contributed by atoms with Crippen molar-refractivity contribution in [1.29, 1.82) is 0 Å². The highest BCUT2D eigenvalue weighted by Crippen LogP contribution is 2.19. The lowest BCUT2D eigenvalue weighted by molar-refractivity contribution is -0.134. The van der Waals surface area contributed by atoms with Gasteiger partial charge in [0, 0.05) is 39.3 Å². The van der Waals surface area contributed by atoms with Crippen LogP contribution in [0.5, 0.6) is 5.75 Å². The van der Waals surface area contributed by atoms with Crippen molar-refractivity contribution in [2.45, 2.75) is 25.7 Å². The van der Waals surface area contributed by atoms with Crippen LogP contribution in [0.1, 0.15) is 20.8 Å². The first kappa shape index (κ1) is 23.0. The molecular formula is C19H29N3O6S. The molecule has 0 aliphatic carbocycles. The van der Waals surface area contributed by atoms with Gasteiger partial charge in [0.25, 0.3) is 5.91 Å². The largest absolute Gasteiger partial charge is 0.484 e. The van der Waals surface area contributed by atoms with Crippen molar-refractivity contribution in [3.8, 4) is 5.75 Å². The van der Waals surface area contributed by atoms with Crippen LogP contribution in [0.25, 0.3) is 0 Å². The Kier molecular flexibility index (Phi) is 8.27. The summed E-state index contributed by atoms with van der Waals surface area (Å²) in [5.74, 6) is 0.232. The Balaban J connectivity index is 1.86. The van der Waals surface area contributed by atoms with Gasteiger partial charge in [0.2, 0.25) is 10.0 Å². The van der Waals surface area contributed by atoms with Crippen LogP contribution in [0, 0.1) is 0 Å². The standard InChI is InChI=1S/C19H29N3O6S/c1-4-22(5-2)29(25,26)17-9-7-16(8-10-17)28-15-18(23)20-11-13-21(14-12-20)19(24)27-6-3/h7-10H,4-6,11-15H2,1-3H3. The number of benzene rings is 1. The highest BCUT2D eigenvalue weighted by molar-refractivity contribution is 7.89. The van der Waals surface area contributed by atoms with Crippen molar-refractivity contribution in [3.63, 3.8) is 0 Å². The third kappa shape index (κ3) is 5.83. The lowest BCUT2D eigenvalue weighted by Crippen LogP contribution is -2.51. The van der Waals surface area contributed by atoms with Gasteiger partial charge in [-0.3, -0.25) is 4.79 Å². The third-order valence-corrected chi connectivity index (χ3v) is 6.75. The van der Waals surface area contributed by atoms with Crippen LogP contribution in [-0.4, -0.2) is 87.0 Å². The van der Waals surface area contributed by atoms with E-state index in [0.29, 0.717) is 51.6 Å². The van der Waals surface area contributed by atoms with E-state index in [1.165, 1.54) is 16.4 Å². The zero-order chi connectivity index (χ0) is 21.4. The molecule has 1 aromatic rings. The fraction of sp³-hybridized carbons (Fsp3) is 0.579. The number of carbonyl (C=O) groups excluding carboxylic acids is 2. The second-order valence-corrected chi connectivity index (χ2v) is 8.35. The van der Waals surface area contributed by atoms with Crippen molar-refractivity contribution in [2.75, 3.05) is 52.5 Å². The topological polar surface area (TPSA) is 96.5 Å². The lowest BCUT2D eigenvalue weighted by Gasteiger charge is -2.33. The van der Waals surface area contributed by atoms with E-state index in [1.54, 1.807) is 42.7 Å². The second-order valence-electron chi connectivity index (χ2n) is 6.42. The van der Waals surface area contributed by atoms with Gasteiger partial charge in [-0.2, -0.15) is 4.31 Å². The number of nitrogens with zero attached hydrogens (tertiary/aromatic N) is 3. The van der Waals surface area contributed by atoms with E-state index in [1.807, 2.05) is 0 Å². The second kappa shape index (κ2) is 10.4. The van der Waals surface area contributed by atoms with Crippen molar-refractivity contribution in [3.05, 3.63) is 24.3 Å². The number of ether oxygens (including phenoxy) is 2. The molecule has 2 rings (SSSR count). The number of sulfonamides is 1. The molecule has 1 heterocycles. The maximum Gasteiger partial charge on any atom is 0.409 e. The van der Waals surface area contributed by atoms with Crippen LogP contribution in [0.4, 0.5) is 4.79 Å². The molecule has 0 atom stereocenters. The first-order valence-electron chi connectivity index (χ1n) is 9.75. The number of carbonyl (C=O) groups is 2.